The summed E-state index contributed by atoms with van der Waals surface area (Å²) in [6.45, 7) is 5.34. The number of nitrogens with zero attached hydrogens (tertiary/aromatic N) is 1. The van der Waals surface area contributed by atoms with Crippen molar-refractivity contribution in [3.8, 4) is 0 Å². The molecule has 0 aliphatic rings. The van der Waals surface area contributed by atoms with Crippen molar-refractivity contribution in [3.05, 3.63) is 0 Å². The molecule has 0 aliphatic heterocycles. The molecule has 0 saturated heterocycles. The summed E-state index contributed by atoms with van der Waals surface area (Å²) in [5.74, 6) is 0. The summed E-state index contributed by atoms with van der Waals surface area (Å²) in [5, 5.41) is 0. The van der Waals surface area contributed by atoms with Crippen molar-refractivity contribution in [1.29, 1.82) is 0 Å². The van der Waals surface area contributed by atoms with E-state index in [-0.39, 0.29) is 0 Å². The van der Waals surface area contributed by atoms with Crippen LogP contribution in [0.3, 0.4) is 0 Å². The van der Waals surface area contributed by atoms with Crippen LogP contribution < -0.4 is 0 Å². The molecule has 0 atom stereocenters. The Morgan fingerprint density at radius 2 is 1.40 bits per heavy atom. The molecule has 0 spiro atoms. The molecule has 92 valence electrons. The third kappa shape index (κ3) is 13.9. The lowest BCUT2D eigenvalue weighted by Gasteiger charge is -2.09. The molecule has 2 nitrogen and oxygen atoms in total. The largest absolute Gasteiger partial charge is 0.381 e. The first-order valence-electron chi connectivity index (χ1n) is 6.50. The molecular formula is C13H29NO. The van der Waals surface area contributed by atoms with Crippen LogP contribution in [0.2, 0.25) is 0 Å². The Balaban J connectivity index is 2.87. The van der Waals surface area contributed by atoms with Crippen molar-refractivity contribution in [3.63, 3.8) is 0 Å². The van der Waals surface area contributed by atoms with Crippen LogP contribution in [0.1, 0.15) is 51.9 Å². The van der Waals surface area contributed by atoms with Crippen molar-refractivity contribution < 1.29 is 4.74 Å². The van der Waals surface area contributed by atoms with Crippen molar-refractivity contribution in [2.75, 3.05) is 33.9 Å². The van der Waals surface area contributed by atoms with E-state index in [4.69, 9.17) is 4.74 Å². The average Bonchev–Trinajstić information content (AvgIpc) is 2.20. The van der Waals surface area contributed by atoms with E-state index in [2.05, 4.69) is 25.9 Å². The van der Waals surface area contributed by atoms with Crippen LogP contribution in [0, 0.1) is 0 Å². The number of hydrogen-bond donors (Lipinski definition) is 0. The molecule has 0 saturated carbocycles. The zero-order valence-electron chi connectivity index (χ0n) is 10.9. The first kappa shape index (κ1) is 14.9. The minimum Gasteiger partial charge on any atom is -0.381 e. The maximum absolute atomic E-state index is 5.58. The monoisotopic (exact) mass is 215 g/mol. The molecule has 0 radical (unpaired) electrons. The highest BCUT2D eigenvalue weighted by Crippen LogP contribution is 2.02. The van der Waals surface area contributed by atoms with Gasteiger partial charge in [-0.05, 0) is 39.9 Å². The highest BCUT2D eigenvalue weighted by atomic mass is 16.5. The minimum absolute atomic E-state index is 0.946. The Labute approximate surface area is 96.0 Å². The molecule has 0 amide bonds. The molecule has 15 heavy (non-hydrogen) atoms. The van der Waals surface area contributed by atoms with Gasteiger partial charge in [-0.1, -0.05) is 32.6 Å². The molecule has 0 unspecified atom stereocenters. The van der Waals surface area contributed by atoms with Crippen LogP contribution in [0.4, 0.5) is 0 Å². The molecule has 0 N–H and O–H groups in total. The molecule has 0 aromatic heterocycles. The summed E-state index contributed by atoms with van der Waals surface area (Å²) in [4.78, 5) is 2.23. The van der Waals surface area contributed by atoms with E-state index in [1.54, 1.807) is 0 Å². The Kier molecular flexibility index (Phi) is 11.9. The van der Waals surface area contributed by atoms with E-state index < -0.39 is 0 Å². The fraction of sp³-hybridized carbons (Fsp3) is 1.00. The van der Waals surface area contributed by atoms with E-state index in [0.29, 0.717) is 0 Å². The lowest BCUT2D eigenvalue weighted by atomic mass is 10.2. The topological polar surface area (TPSA) is 12.5 Å². The summed E-state index contributed by atoms with van der Waals surface area (Å²) in [6, 6.07) is 0. The maximum atomic E-state index is 5.58. The van der Waals surface area contributed by atoms with E-state index in [1.165, 1.54) is 51.5 Å². The first-order chi connectivity index (χ1) is 7.27. The molecule has 0 heterocycles. The molecule has 0 bridgehead atoms. The van der Waals surface area contributed by atoms with Crippen molar-refractivity contribution in [2.24, 2.45) is 0 Å². The second kappa shape index (κ2) is 12.0. The molecule has 0 aromatic rings. The third-order valence-electron chi connectivity index (χ3n) is 2.54. The number of rotatable bonds is 11. The van der Waals surface area contributed by atoms with E-state index in [0.717, 1.165) is 13.2 Å². The SMILES string of the molecule is CCCCCCCOCCCCN(C)C. The van der Waals surface area contributed by atoms with Crippen molar-refractivity contribution in [2.45, 2.75) is 51.9 Å². The molecule has 0 aliphatic carbocycles. The summed E-state index contributed by atoms with van der Waals surface area (Å²) >= 11 is 0. The van der Waals surface area contributed by atoms with Gasteiger partial charge in [-0.25, -0.2) is 0 Å². The van der Waals surface area contributed by atoms with Gasteiger partial charge < -0.3 is 9.64 Å². The van der Waals surface area contributed by atoms with Crippen LogP contribution in [-0.2, 0) is 4.74 Å². The van der Waals surface area contributed by atoms with Crippen LogP contribution in [-0.4, -0.2) is 38.8 Å². The minimum atomic E-state index is 0.946. The Hall–Kier alpha value is -0.0800. The molecule has 0 rings (SSSR count). The Morgan fingerprint density at radius 1 is 0.800 bits per heavy atom. The maximum Gasteiger partial charge on any atom is 0.0466 e. The van der Waals surface area contributed by atoms with Gasteiger partial charge in [-0.15, -0.1) is 0 Å². The quantitative estimate of drug-likeness (QED) is 0.490. The van der Waals surface area contributed by atoms with Gasteiger partial charge in [0.1, 0.15) is 0 Å². The van der Waals surface area contributed by atoms with Crippen LogP contribution >= 0.6 is 0 Å². The van der Waals surface area contributed by atoms with Crippen LogP contribution in [0.15, 0.2) is 0 Å². The van der Waals surface area contributed by atoms with Gasteiger partial charge in [0.15, 0.2) is 0 Å². The molecular weight excluding hydrogens is 186 g/mol. The second-order valence-electron chi connectivity index (χ2n) is 4.54. The number of hydrogen-bond acceptors (Lipinski definition) is 2. The van der Waals surface area contributed by atoms with Gasteiger partial charge in [-0.2, -0.15) is 0 Å². The first-order valence-corrected chi connectivity index (χ1v) is 6.50. The smallest absolute Gasteiger partial charge is 0.0466 e. The highest BCUT2D eigenvalue weighted by molar-refractivity contribution is 4.45. The fourth-order valence-electron chi connectivity index (χ4n) is 1.54. The van der Waals surface area contributed by atoms with Gasteiger partial charge >= 0.3 is 0 Å². The summed E-state index contributed by atoms with van der Waals surface area (Å²) in [5.41, 5.74) is 0. The van der Waals surface area contributed by atoms with E-state index in [1.807, 2.05) is 0 Å². The molecule has 0 fully saturated rings. The Morgan fingerprint density at radius 3 is 2.00 bits per heavy atom. The summed E-state index contributed by atoms with van der Waals surface area (Å²) in [6.07, 6.45) is 9.11. The predicted octanol–water partition coefficient (Wildman–Crippen LogP) is 3.32. The van der Waals surface area contributed by atoms with Gasteiger partial charge in [0.2, 0.25) is 0 Å². The number of ether oxygens (including phenoxy) is 1. The standard InChI is InChI=1S/C13H29NO/c1-4-5-6-7-9-12-15-13-10-8-11-14(2)3/h4-13H2,1-3H3. The van der Waals surface area contributed by atoms with E-state index in [9.17, 15) is 0 Å². The van der Waals surface area contributed by atoms with Gasteiger partial charge in [0, 0.05) is 13.2 Å². The predicted molar refractivity (Wildman–Crippen MR) is 67.4 cm³/mol. The van der Waals surface area contributed by atoms with Gasteiger partial charge in [0.25, 0.3) is 0 Å². The number of unbranched alkanes of at least 4 members (excludes halogenated alkanes) is 5. The highest BCUT2D eigenvalue weighted by Gasteiger charge is 1.92. The average molecular weight is 215 g/mol. The lowest BCUT2D eigenvalue weighted by Crippen LogP contribution is -2.13. The van der Waals surface area contributed by atoms with Crippen LogP contribution in [0.5, 0.6) is 0 Å². The van der Waals surface area contributed by atoms with Crippen molar-refractivity contribution >= 4 is 0 Å². The third-order valence-corrected chi connectivity index (χ3v) is 2.54. The van der Waals surface area contributed by atoms with E-state index >= 15 is 0 Å². The summed E-state index contributed by atoms with van der Waals surface area (Å²) < 4.78 is 5.58. The lowest BCUT2D eigenvalue weighted by molar-refractivity contribution is 0.124. The van der Waals surface area contributed by atoms with Crippen LogP contribution in [0.25, 0.3) is 0 Å². The fourth-order valence-corrected chi connectivity index (χ4v) is 1.54. The second-order valence-corrected chi connectivity index (χ2v) is 4.54. The zero-order chi connectivity index (χ0) is 11.4. The summed E-state index contributed by atoms with van der Waals surface area (Å²) in [7, 11) is 4.24. The van der Waals surface area contributed by atoms with Gasteiger partial charge in [0.05, 0.1) is 0 Å². The zero-order valence-corrected chi connectivity index (χ0v) is 10.9. The van der Waals surface area contributed by atoms with Crippen molar-refractivity contribution in [1.82, 2.24) is 4.90 Å². The van der Waals surface area contributed by atoms with Gasteiger partial charge in [-0.3, -0.25) is 0 Å². The molecule has 2 heteroatoms. The Bertz CT molecular complexity index is 115. The molecule has 0 aromatic carbocycles. The normalized spacial score (nSPS) is 11.2.